The summed E-state index contributed by atoms with van der Waals surface area (Å²) in [5.74, 6) is 1.70. The summed E-state index contributed by atoms with van der Waals surface area (Å²) in [6.45, 7) is 0. The number of anilines is 1. The number of carbonyl (C=O) groups is 1. The lowest BCUT2D eigenvalue weighted by Gasteiger charge is -2.24. The van der Waals surface area contributed by atoms with Crippen LogP contribution in [0, 0.1) is 0 Å². The Morgan fingerprint density at radius 2 is 2.04 bits per heavy atom. The number of amides is 1. The van der Waals surface area contributed by atoms with E-state index in [4.69, 9.17) is 9.47 Å². The molecule has 0 saturated heterocycles. The Balaban J connectivity index is 1.85. The number of fused-ring (bicyclic) bond motifs is 1. The number of nitrogens with one attached hydrogen (secondary N) is 1. The number of hydrogen-bond acceptors (Lipinski definition) is 5. The minimum atomic E-state index is -0.237. The number of aromatic nitrogens is 2. The number of benzene rings is 2. The van der Waals surface area contributed by atoms with Gasteiger partial charge in [0.15, 0.2) is 0 Å². The number of carbonyl (C=O) groups excluding carboxylic acids is 1. The Kier molecular flexibility index (Phi) is 4.19. The first kappa shape index (κ1) is 17.0. The SMILES string of the molecule is COc1ccc(OC)c(-n2cnc3c2NC(=O)C[C@H]3c2cccc(O)c2)c1. The van der Waals surface area contributed by atoms with Crippen molar-refractivity contribution in [2.45, 2.75) is 12.3 Å². The van der Waals surface area contributed by atoms with Gasteiger partial charge in [0, 0.05) is 18.4 Å². The standard InChI is InChI=1S/C20H19N3O4/c1-26-14-6-7-17(27-2)16(9-14)23-11-21-19-15(10-18(25)22-20(19)23)12-4-3-5-13(24)8-12/h3-9,11,15,24H,10H2,1-2H3,(H,22,25)/t15-/m0/s1. The Bertz CT molecular complexity index is 1010. The van der Waals surface area contributed by atoms with E-state index in [0.717, 1.165) is 11.3 Å². The van der Waals surface area contributed by atoms with Gasteiger partial charge in [0.2, 0.25) is 5.91 Å². The van der Waals surface area contributed by atoms with Gasteiger partial charge in [-0.1, -0.05) is 12.1 Å². The lowest BCUT2D eigenvalue weighted by molar-refractivity contribution is -0.116. The van der Waals surface area contributed by atoms with Crippen LogP contribution in [0.1, 0.15) is 23.6 Å². The summed E-state index contributed by atoms with van der Waals surface area (Å²) >= 11 is 0. The van der Waals surface area contributed by atoms with Crippen molar-refractivity contribution in [3.8, 4) is 22.9 Å². The quantitative estimate of drug-likeness (QED) is 0.742. The highest BCUT2D eigenvalue weighted by Crippen LogP contribution is 2.39. The molecule has 138 valence electrons. The monoisotopic (exact) mass is 365 g/mol. The predicted octanol–water partition coefficient (Wildman–Crippen LogP) is 3.07. The zero-order valence-electron chi connectivity index (χ0n) is 15.0. The second kappa shape index (κ2) is 6.68. The minimum Gasteiger partial charge on any atom is -0.508 e. The number of methoxy groups -OCH3 is 2. The molecule has 1 amide bonds. The molecule has 0 bridgehead atoms. The van der Waals surface area contributed by atoms with Crippen LogP contribution >= 0.6 is 0 Å². The Morgan fingerprint density at radius 3 is 2.78 bits per heavy atom. The number of rotatable bonds is 4. The molecule has 0 saturated carbocycles. The number of aromatic hydroxyl groups is 1. The molecule has 0 aliphatic carbocycles. The highest BCUT2D eigenvalue weighted by atomic mass is 16.5. The molecule has 1 aliphatic heterocycles. The van der Waals surface area contributed by atoms with Crippen molar-refractivity contribution in [2.75, 3.05) is 19.5 Å². The van der Waals surface area contributed by atoms with Crippen LogP contribution in [0.25, 0.3) is 5.69 Å². The van der Waals surface area contributed by atoms with Crippen LogP contribution in [0.2, 0.25) is 0 Å². The topological polar surface area (TPSA) is 85.6 Å². The van der Waals surface area contributed by atoms with Crippen molar-refractivity contribution < 1.29 is 19.4 Å². The van der Waals surface area contributed by atoms with Gasteiger partial charge >= 0.3 is 0 Å². The maximum atomic E-state index is 12.4. The summed E-state index contributed by atoms with van der Waals surface area (Å²) in [4.78, 5) is 16.9. The molecule has 1 aliphatic rings. The van der Waals surface area contributed by atoms with E-state index in [-0.39, 0.29) is 24.0 Å². The maximum Gasteiger partial charge on any atom is 0.226 e. The van der Waals surface area contributed by atoms with Crippen LogP contribution in [-0.2, 0) is 4.79 Å². The molecule has 2 heterocycles. The molecule has 7 nitrogen and oxygen atoms in total. The molecular formula is C20H19N3O4. The molecule has 0 fully saturated rings. The number of nitrogens with zero attached hydrogens (tertiary/aromatic N) is 2. The van der Waals surface area contributed by atoms with E-state index in [1.165, 1.54) is 0 Å². The normalized spacial score (nSPS) is 15.8. The molecule has 4 rings (SSSR count). The number of hydrogen-bond donors (Lipinski definition) is 2. The first-order valence-electron chi connectivity index (χ1n) is 8.49. The molecule has 2 N–H and O–H groups in total. The Morgan fingerprint density at radius 1 is 1.19 bits per heavy atom. The zero-order valence-corrected chi connectivity index (χ0v) is 15.0. The highest BCUT2D eigenvalue weighted by molar-refractivity contribution is 5.94. The summed E-state index contributed by atoms with van der Waals surface area (Å²) in [6, 6.07) is 12.4. The molecule has 3 aromatic rings. The summed E-state index contributed by atoms with van der Waals surface area (Å²) in [6.07, 6.45) is 1.92. The molecule has 2 aromatic carbocycles. The van der Waals surface area contributed by atoms with Crippen molar-refractivity contribution in [1.29, 1.82) is 0 Å². The molecule has 27 heavy (non-hydrogen) atoms. The van der Waals surface area contributed by atoms with Crippen LogP contribution < -0.4 is 14.8 Å². The molecule has 0 spiro atoms. The van der Waals surface area contributed by atoms with E-state index in [2.05, 4.69) is 10.3 Å². The molecule has 0 radical (unpaired) electrons. The maximum absolute atomic E-state index is 12.4. The van der Waals surface area contributed by atoms with Gasteiger partial charge in [-0.2, -0.15) is 0 Å². The molecule has 1 atom stereocenters. The van der Waals surface area contributed by atoms with Crippen LogP contribution in [0.4, 0.5) is 5.82 Å². The van der Waals surface area contributed by atoms with E-state index < -0.39 is 0 Å². The largest absolute Gasteiger partial charge is 0.508 e. The van der Waals surface area contributed by atoms with E-state index in [9.17, 15) is 9.90 Å². The van der Waals surface area contributed by atoms with Gasteiger partial charge in [-0.15, -0.1) is 0 Å². The molecular weight excluding hydrogens is 346 g/mol. The van der Waals surface area contributed by atoms with Gasteiger partial charge < -0.3 is 19.9 Å². The van der Waals surface area contributed by atoms with Crippen LogP contribution in [0.15, 0.2) is 48.8 Å². The second-order valence-corrected chi connectivity index (χ2v) is 6.29. The van der Waals surface area contributed by atoms with Crippen molar-refractivity contribution in [3.05, 3.63) is 60.0 Å². The van der Waals surface area contributed by atoms with Gasteiger partial charge in [0.1, 0.15) is 29.4 Å². The first-order valence-corrected chi connectivity index (χ1v) is 8.49. The summed E-state index contributed by atoms with van der Waals surface area (Å²) in [5, 5.41) is 12.7. The number of ether oxygens (including phenoxy) is 2. The van der Waals surface area contributed by atoms with Gasteiger partial charge in [-0.25, -0.2) is 4.98 Å². The third kappa shape index (κ3) is 2.97. The van der Waals surface area contributed by atoms with Crippen molar-refractivity contribution >= 4 is 11.7 Å². The average Bonchev–Trinajstić information content (AvgIpc) is 3.10. The van der Waals surface area contributed by atoms with Gasteiger partial charge in [-0.05, 0) is 29.8 Å². The highest BCUT2D eigenvalue weighted by Gasteiger charge is 2.31. The number of phenols is 1. The van der Waals surface area contributed by atoms with Crippen molar-refractivity contribution in [2.24, 2.45) is 0 Å². The second-order valence-electron chi connectivity index (χ2n) is 6.29. The Hall–Kier alpha value is -3.48. The van der Waals surface area contributed by atoms with Crippen LogP contribution in [-0.4, -0.2) is 34.8 Å². The lowest BCUT2D eigenvalue weighted by Crippen LogP contribution is -2.25. The zero-order chi connectivity index (χ0) is 19.0. The smallest absolute Gasteiger partial charge is 0.226 e. The summed E-state index contributed by atoms with van der Waals surface area (Å²) < 4.78 is 12.6. The van der Waals surface area contributed by atoms with E-state index in [1.807, 2.05) is 12.1 Å². The van der Waals surface area contributed by atoms with E-state index >= 15 is 0 Å². The van der Waals surface area contributed by atoms with Crippen LogP contribution in [0.5, 0.6) is 17.2 Å². The van der Waals surface area contributed by atoms with Crippen molar-refractivity contribution in [1.82, 2.24) is 9.55 Å². The predicted molar refractivity (Wildman–Crippen MR) is 99.9 cm³/mol. The molecule has 0 unspecified atom stereocenters. The Labute approximate surface area is 156 Å². The van der Waals surface area contributed by atoms with Gasteiger partial charge in [0.05, 0.1) is 25.6 Å². The van der Waals surface area contributed by atoms with Crippen molar-refractivity contribution in [3.63, 3.8) is 0 Å². The molecule has 1 aromatic heterocycles. The fraction of sp³-hybridized carbons (Fsp3) is 0.200. The molecule has 7 heteroatoms. The first-order chi connectivity index (χ1) is 13.1. The van der Waals surface area contributed by atoms with E-state index in [1.54, 1.807) is 55.4 Å². The lowest BCUT2D eigenvalue weighted by atomic mass is 9.90. The fourth-order valence-corrected chi connectivity index (χ4v) is 3.39. The summed E-state index contributed by atoms with van der Waals surface area (Å²) in [5.41, 5.74) is 2.29. The van der Waals surface area contributed by atoms with Gasteiger partial charge in [-0.3, -0.25) is 9.36 Å². The van der Waals surface area contributed by atoms with E-state index in [0.29, 0.717) is 23.0 Å². The van der Waals surface area contributed by atoms with Crippen LogP contribution in [0.3, 0.4) is 0 Å². The number of phenolic OH excluding ortho intramolecular Hbond substituents is 1. The third-order valence-electron chi connectivity index (χ3n) is 4.69. The summed E-state index contributed by atoms with van der Waals surface area (Å²) in [7, 11) is 3.18. The fourth-order valence-electron chi connectivity index (χ4n) is 3.39. The third-order valence-corrected chi connectivity index (χ3v) is 4.69. The minimum absolute atomic E-state index is 0.112. The average molecular weight is 365 g/mol. The number of imidazole rings is 1. The van der Waals surface area contributed by atoms with Gasteiger partial charge in [0.25, 0.3) is 0 Å².